The maximum atomic E-state index is 12.1. The van der Waals surface area contributed by atoms with Crippen molar-refractivity contribution < 1.29 is 4.79 Å². The second-order valence-corrected chi connectivity index (χ2v) is 5.67. The first-order valence-corrected chi connectivity index (χ1v) is 7.42. The molecule has 0 atom stereocenters. The van der Waals surface area contributed by atoms with E-state index in [1.54, 1.807) is 11.3 Å². The summed E-state index contributed by atoms with van der Waals surface area (Å²) in [6.45, 7) is 0.624. The van der Waals surface area contributed by atoms with E-state index in [9.17, 15) is 10.1 Å². The molecule has 4 heteroatoms. The van der Waals surface area contributed by atoms with Gasteiger partial charge in [-0.25, -0.2) is 0 Å². The van der Waals surface area contributed by atoms with Gasteiger partial charge in [0.25, 0.3) is 0 Å². The predicted molar refractivity (Wildman–Crippen MR) is 72.2 cm³/mol. The van der Waals surface area contributed by atoms with Crippen LogP contribution in [0.1, 0.15) is 37.7 Å². The molecule has 1 aliphatic carbocycles. The maximum absolute atomic E-state index is 12.1. The van der Waals surface area contributed by atoms with E-state index < -0.39 is 5.41 Å². The van der Waals surface area contributed by atoms with Crippen molar-refractivity contribution in [2.24, 2.45) is 5.41 Å². The van der Waals surface area contributed by atoms with E-state index in [0.717, 1.165) is 25.7 Å². The van der Waals surface area contributed by atoms with Crippen molar-refractivity contribution in [3.05, 3.63) is 22.4 Å². The first-order valence-electron chi connectivity index (χ1n) is 6.47. The fourth-order valence-electron chi connectivity index (χ4n) is 2.47. The lowest BCUT2D eigenvalue weighted by Crippen LogP contribution is -2.42. The van der Waals surface area contributed by atoms with E-state index in [4.69, 9.17) is 0 Å². The average molecular weight is 262 g/mol. The van der Waals surface area contributed by atoms with Gasteiger partial charge in [0.15, 0.2) is 0 Å². The van der Waals surface area contributed by atoms with Crippen molar-refractivity contribution in [2.75, 3.05) is 6.54 Å². The van der Waals surface area contributed by atoms with Crippen molar-refractivity contribution >= 4 is 17.2 Å². The van der Waals surface area contributed by atoms with Crippen LogP contribution in [0.2, 0.25) is 0 Å². The van der Waals surface area contributed by atoms with Crippen molar-refractivity contribution in [3.8, 4) is 6.07 Å². The Kier molecular flexibility index (Phi) is 4.38. The van der Waals surface area contributed by atoms with Crippen molar-refractivity contribution in [2.45, 2.75) is 38.5 Å². The van der Waals surface area contributed by atoms with E-state index in [0.29, 0.717) is 19.4 Å². The predicted octanol–water partition coefficient (Wildman–Crippen LogP) is 2.88. The van der Waals surface area contributed by atoms with Gasteiger partial charge in [-0.1, -0.05) is 19.3 Å². The largest absolute Gasteiger partial charge is 0.354 e. The van der Waals surface area contributed by atoms with Crippen LogP contribution in [0.5, 0.6) is 0 Å². The van der Waals surface area contributed by atoms with Gasteiger partial charge >= 0.3 is 0 Å². The molecule has 3 nitrogen and oxygen atoms in total. The van der Waals surface area contributed by atoms with Gasteiger partial charge in [0.2, 0.25) is 5.91 Å². The van der Waals surface area contributed by atoms with E-state index in [1.807, 2.05) is 5.38 Å². The number of carbonyl (C=O) groups is 1. The Bertz CT molecular complexity index is 427. The lowest BCUT2D eigenvalue weighted by Gasteiger charge is -2.29. The van der Waals surface area contributed by atoms with E-state index in [1.165, 1.54) is 5.56 Å². The van der Waals surface area contributed by atoms with Gasteiger partial charge in [-0.3, -0.25) is 4.79 Å². The molecule has 0 unspecified atom stereocenters. The highest BCUT2D eigenvalue weighted by Gasteiger charge is 2.39. The Morgan fingerprint density at radius 1 is 1.44 bits per heavy atom. The van der Waals surface area contributed by atoms with Crippen molar-refractivity contribution in [1.82, 2.24) is 5.32 Å². The molecule has 0 saturated heterocycles. The zero-order valence-corrected chi connectivity index (χ0v) is 11.3. The minimum Gasteiger partial charge on any atom is -0.354 e. The molecule has 0 bridgehead atoms. The number of hydrogen-bond donors (Lipinski definition) is 1. The Balaban J connectivity index is 1.84. The normalized spacial score (nSPS) is 17.9. The summed E-state index contributed by atoms with van der Waals surface area (Å²) in [6.07, 6.45) is 5.40. The summed E-state index contributed by atoms with van der Waals surface area (Å²) in [5, 5.41) is 16.3. The molecule has 18 heavy (non-hydrogen) atoms. The maximum Gasteiger partial charge on any atom is 0.240 e. The summed E-state index contributed by atoms with van der Waals surface area (Å²) in [5.41, 5.74) is 0.488. The smallest absolute Gasteiger partial charge is 0.240 e. The molecular weight excluding hydrogens is 244 g/mol. The molecule has 1 amide bonds. The zero-order chi connectivity index (χ0) is 12.8. The van der Waals surface area contributed by atoms with E-state index >= 15 is 0 Å². The third kappa shape index (κ3) is 2.91. The monoisotopic (exact) mass is 262 g/mol. The molecule has 96 valence electrons. The van der Waals surface area contributed by atoms with Crippen LogP contribution < -0.4 is 5.32 Å². The quantitative estimate of drug-likeness (QED) is 0.907. The summed E-state index contributed by atoms with van der Waals surface area (Å²) >= 11 is 1.67. The average Bonchev–Trinajstić information content (AvgIpc) is 2.92. The Hall–Kier alpha value is -1.34. The number of hydrogen-bond acceptors (Lipinski definition) is 3. The summed E-state index contributed by atoms with van der Waals surface area (Å²) in [4.78, 5) is 12.1. The van der Waals surface area contributed by atoms with Crippen LogP contribution in [0.3, 0.4) is 0 Å². The van der Waals surface area contributed by atoms with Gasteiger partial charge in [0, 0.05) is 6.54 Å². The van der Waals surface area contributed by atoms with Gasteiger partial charge in [0.1, 0.15) is 5.41 Å². The molecule has 1 aromatic heterocycles. The topological polar surface area (TPSA) is 52.9 Å². The first-order chi connectivity index (χ1) is 8.77. The number of nitriles is 1. The highest BCUT2D eigenvalue weighted by atomic mass is 32.1. The molecular formula is C14H18N2OS. The lowest BCUT2D eigenvalue weighted by molar-refractivity contribution is -0.129. The summed E-state index contributed by atoms with van der Waals surface area (Å²) in [7, 11) is 0. The second kappa shape index (κ2) is 6.01. The third-order valence-electron chi connectivity index (χ3n) is 3.64. The summed E-state index contributed by atoms with van der Waals surface area (Å²) in [6, 6.07) is 4.32. The highest BCUT2D eigenvalue weighted by Crippen LogP contribution is 2.35. The minimum atomic E-state index is -0.757. The third-order valence-corrected chi connectivity index (χ3v) is 4.37. The van der Waals surface area contributed by atoms with Gasteiger partial charge in [-0.2, -0.15) is 16.6 Å². The molecule has 0 aromatic carbocycles. The van der Waals surface area contributed by atoms with Gasteiger partial charge in [0.05, 0.1) is 6.07 Å². The second-order valence-electron chi connectivity index (χ2n) is 4.89. The van der Waals surface area contributed by atoms with Gasteiger partial charge in [-0.05, 0) is 41.7 Å². The minimum absolute atomic E-state index is 0.0695. The molecule has 1 saturated carbocycles. The highest BCUT2D eigenvalue weighted by molar-refractivity contribution is 7.07. The number of rotatable bonds is 4. The van der Waals surface area contributed by atoms with Crippen LogP contribution in [0.25, 0.3) is 0 Å². The summed E-state index contributed by atoms with van der Waals surface area (Å²) in [5.74, 6) is -0.0695. The standard InChI is InChI=1S/C14H18N2OS/c15-11-14(6-2-1-3-7-14)13(17)16-8-4-12-5-9-18-10-12/h5,9-10H,1-4,6-8H2,(H,16,17). The molecule has 1 heterocycles. The number of carbonyl (C=O) groups excluding carboxylic acids is 1. The summed E-state index contributed by atoms with van der Waals surface area (Å²) < 4.78 is 0. The van der Waals surface area contributed by atoms with Crippen LogP contribution in [0, 0.1) is 16.7 Å². The van der Waals surface area contributed by atoms with E-state index in [-0.39, 0.29) is 5.91 Å². The SMILES string of the molecule is N#CC1(C(=O)NCCc2ccsc2)CCCCC1. The Morgan fingerprint density at radius 2 is 2.22 bits per heavy atom. The van der Waals surface area contributed by atoms with Crippen LogP contribution in [-0.4, -0.2) is 12.5 Å². The molecule has 0 spiro atoms. The molecule has 1 fully saturated rings. The fraction of sp³-hybridized carbons (Fsp3) is 0.571. The number of nitrogens with one attached hydrogen (secondary N) is 1. The van der Waals surface area contributed by atoms with E-state index in [2.05, 4.69) is 22.8 Å². The van der Waals surface area contributed by atoms with Gasteiger partial charge in [-0.15, -0.1) is 0 Å². The van der Waals surface area contributed by atoms with Crippen LogP contribution in [0.4, 0.5) is 0 Å². The molecule has 2 rings (SSSR count). The first kappa shape index (κ1) is 13.1. The Morgan fingerprint density at radius 3 is 2.83 bits per heavy atom. The number of nitrogens with zero attached hydrogens (tertiary/aromatic N) is 1. The molecule has 1 N–H and O–H groups in total. The van der Waals surface area contributed by atoms with Crippen LogP contribution in [-0.2, 0) is 11.2 Å². The Labute approximate surface area is 112 Å². The van der Waals surface area contributed by atoms with Crippen LogP contribution >= 0.6 is 11.3 Å². The number of amides is 1. The fourth-order valence-corrected chi connectivity index (χ4v) is 3.17. The molecule has 0 aliphatic heterocycles. The molecule has 0 radical (unpaired) electrons. The van der Waals surface area contributed by atoms with Crippen molar-refractivity contribution in [3.63, 3.8) is 0 Å². The zero-order valence-electron chi connectivity index (χ0n) is 10.4. The molecule has 1 aromatic rings. The van der Waals surface area contributed by atoms with Gasteiger partial charge < -0.3 is 5.32 Å². The lowest BCUT2D eigenvalue weighted by atomic mass is 9.74. The van der Waals surface area contributed by atoms with Crippen LogP contribution in [0.15, 0.2) is 16.8 Å². The number of thiophene rings is 1. The molecule has 1 aliphatic rings. The van der Waals surface area contributed by atoms with Crippen molar-refractivity contribution in [1.29, 1.82) is 5.26 Å².